The lowest BCUT2D eigenvalue weighted by atomic mass is 10.2. The largest absolute Gasteiger partial charge is 0.390 e. The van der Waals surface area contributed by atoms with E-state index in [4.69, 9.17) is 0 Å². The molecule has 7 heteroatoms. The number of sulfonamides is 1. The van der Waals surface area contributed by atoms with Gasteiger partial charge in [-0.2, -0.15) is 0 Å². The number of nitrogens with zero attached hydrogens (tertiary/aromatic N) is 2. The van der Waals surface area contributed by atoms with E-state index in [0.717, 1.165) is 23.0 Å². The van der Waals surface area contributed by atoms with E-state index in [1.165, 1.54) is 36.4 Å². The van der Waals surface area contributed by atoms with Gasteiger partial charge in [-0.05, 0) is 56.4 Å². The highest BCUT2D eigenvalue weighted by Gasteiger charge is 2.27. The third-order valence-electron chi connectivity index (χ3n) is 4.46. The fourth-order valence-electron chi connectivity index (χ4n) is 2.82. The molecule has 0 heterocycles. The zero-order chi connectivity index (χ0) is 20.0. The number of aliphatic hydroxyl groups is 1. The van der Waals surface area contributed by atoms with E-state index in [0.29, 0.717) is 12.2 Å². The Labute approximate surface area is 161 Å². The van der Waals surface area contributed by atoms with Crippen LogP contribution in [0.3, 0.4) is 0 Å². The lowest BCUT2D eigenvalue weighted by Crippen LogP contribution is -2.43. The molecule has 0 bridgehead atoms. The van der Waals surface area contributed by atoms with Crippen LogP contribution in [-0.2, 0) is 10.0 Å². The van der Waals surface area contributed by atoms with E-state index in [2.05, 4.69) is 0 Å². The van der Waals surface area contributed by atoms with Gasteiger partial charge in [0.2, 0.25) is 0 Å². The van der Waals surface area contributed by atoms with Crippen molar-refractivity contribution in [1.29, 1.82) is 0 Å². The van der Waals surface area contributed by atoms with Gasteiger partial charge in [0.1, 0.15) is 5.82 Å². The molecule has 2 rings (SSSR count). The highest BCUT2D eigenvalue weighted by molar-refractivity contribution is 7.92. The Morgan fingerprint density at radius 3 is 2.04 bits per heavy atom. The van der Waals surface area contributed by atoms with Crippen LogP contribution < -0.4 is 4.31 Å². The molecule has 1 atom stereocenters. The zero-order valence-corrected chi connectivity index (χ0v) is 16.8. The molecular formula is C20H27FN2O3S. The summed E-state index contributed by atoms with van der Waals surface area (Å²) in [4.78, 5) is 2.15. The Hall–Kier alpha value is -1.96. The highest BCUT2D eigenvalue weighted by Crippen LogP contribution is 2.24. The summed E-state index contributed by atoms with van der Waals surface area (Å²) in [5.41, 5.74) is 1.26. The molecule has 0 aromatic heterocycles. The van der Waals surface area contributed by atoms with Crippen LogP contribution in [0.25, 0.3) is 0 Å². The van der Waals surface area contributed by atoms with E-state index < -0.39 is 21.9 Å². The number of likely N-dealkylation sites (N-methyl/N-ethyl adjacent to an activating group) is 1. The van der Waals surface area contributed by atoms with Gasteiger partial charge in [-0.3, -0.25) is 4.31 Å². The number of rotatable bonds is 9. The van der Waals surface area contributed by atoms with E-state index in [-0.39, 0.29) is 11.4 Å². The predicted molar refractivity (Wildman–Crippen MR) is 106 cm³/mol. The summed E-state index contributed by atoms with van der Waals surface area (Å²) < 4.78 is 40.9. The number of aliphatic hydroxyl groups excluding tert-OH is 1. The van der Waals surface area contributed by atoms with Crippen molar-refractivity contribution in [2.24, 2.45) is 0 Å². The van der Waals surface area contributed by atoms with E-state index >= 15 is 0 Å². The van der Waals surface area contributed by atoms with Crippen LogP contribution in [0.4, 0.5) is 10.1 Å². The van der Waals surface area contributed by atoms with Crippen molar-refractivity contribution < 1.29 is 17.9 Å². The van der Waals surface area contributed by atoms with Crippen LogP contribution in [-0.4, -0.2) is 50.7 Å². The van der Waals surface area contributed by atoms with Gasteiger partial charge < -0.3 is 10.0 Å². The van der Waals surface area contributed by atoms with Crippen LogP contribution in [0.2, 0.25) is 0 Å². The topological polar surface area (TPSA) is 60.9 Å². The maximum absolute atomic E-state index is 13.3. The smallest absolute Gasteiger partial charge is 0.264 e. The fraction of sp³-hybridized carbons (Fsp3) is 0.400. The zero-order valence-electron chi connectivity index (χ0n) is 16.0. The summed E-state index contributed by atoms with van der Waals surface area (Å²) in [6, 6.07) is 11.8. The van der Waals surface area contributed by atoms with Crippen molar-refractivity contribution in [3.05, 3.63) is 59.9 Å². The fourth-order valence-corrected chi connectivity index (χ4v) is 4.32. The van der Waals surface area contributed by atoms with Crippen molar-refractivity contribution in [3.8, 4) is 0 Å². The number of anilines is 1. The number of hydrogen-bond acceptors (Lipinski definition) is 4. The molecule has 0 aliphatic rings. The molecule has 0 radical (unpaired) electrons. The van der Waals surface area contributed by atoms with E-state index in [9.17, 15) is 17.9 Å². The first kappa shape index (κ1) is 21.3. The molecule has 0 aliphatic carbocycles. The van der Waals surface area contributed by atoms with Crippen molar-refractivity contribution >= 4 is 15.7 Å². The Balaban J connectivity index is 2.37. The van der Waals surface area contributed by atoms with Crippen LogP contribution in [0, 0.1) is 12.7 Å². The summed E-state index contributed by atoms with van der Waals surface area (Å²) in [6.45, 7) is 7.60. The van der Waals surface area contributed by atoms with Crippen molar-refractivity contribution in [3.63, 3.8) is 0 Å². The summed E-state index contributed by atoms with van der Waals surface area (Å²) in [5, 5.41) is 10.5. The molecule has 0 spiro atoms. The van der Waals surface area contributed by atoms with Crippen molar-refractivity contribution in [2.45, 2.75) is 31.8 Å². The molecule has 0 amide bonds. The number of benzene rings is 2. The summed E-state index contributed by atoms with van der Waals surface area (Å²) >= 11 is 0. The third-order valence-corrected chi connectivity index (χ3v) is 6.27. The predicted octanol–water partition coefficient (Wildman–Crippen LogP) is 3.03. The first-order chi connectivity index (χ1) is 12.8. The first-order valence-corrected chi connectivity index (χ1v) is 10.5. The number of aryl methyl sites for hydroxylation is 1. The monoisotopic (exact) mass is 394 g/mol. The average Bonchev–Trinajstić information content (AvgIpc) is 2.65. The molecule has 2 aromatic rings. The molecule has 1 unspecified atom stereocenters. The molecule has 0 aliphatic heterocycles. The highest BCUT2D eigenvalue weighted by atomic mass is 32.2. The van der Waals surface area contributed by atoms with Gasteiger partial charge >= 0.3 is 0 Å². The second-order valence-electron chi connectivity index (χ2n) is 6.47. The first-order valence-electron chi connectivity index (χ1n) is 9.03. The van der Waals surface area contributed by atoms with Crippen molar-refractivity contribution in [1.82, 2.24) is 4.90 Å². The van der Waals surface area contributed by atoms with Crippen molar-refractivity contribution in [2.75, 3.05) is 30.5 Å². The summed E-state index contributed by atoms with van der Waals surface area (Å²) in [7, 11) is -3.90. The quantitative estimate of drug-likeness (QED) is 0.710. The molecule has 0 saturated carbocycles. The molecule has 0 saturated heterocycles. The van der Waals surface area contributed by atoms with Crippen LogP contribution in [0.1, 0.15) is 19.4 Å². The van der Waals surface area contributed by atoms with Crippen LogP contribution in [0.5, 0.6) is 0 Å². The van der Waals surface area contributed by atoms with E-state index in [1.807, 2.05) is 25.7 Å². The SMILES string of the molecule is CCN(CC)CC(O)CN(c1ccc(F)cc1)S(=O)(=O)c1ccc(C)cc1. The van der Waals surface area contributed by atoms with Gasteiger partial charge in [-0.1, -0.05) is 31.5 Å². The lowest BCUT2D eigenvalue weighted by molar-refractivity contribution is 0.125. The van der Waals surface area contributed by atoms with Gasteiger partial charge in [0.25, 0.3) is 10.0 Å². The molecule has 2 aromatic carbocycles. The van der Waals surface area contributed by atoms with Crippen LogP contribution >= 0.6 is 0 Å². The molecule has 148 valence electrons. The molecule has 0 fully saturated rings. The second kappa shape index (κ2) is 9.30. The third kappa shape index (κ3) is 5.51. The Morgan fingerprint density at radius 1 is 0.963 bits per heavy atom. The molecule has 27 heavy (non-hydrogen) atoms. The molecular weight excluding hydrogens is 367 g/mol. The van der Waals surface area contributed by atoms with Gasteiger partial charge in [0.15, 0.2) is 0 Å². The lowest BCUT2D eigenvalue weighted by Gasteiger charge is -2.29. The minimum Gasteiger partial charge on any atom is -0.390 e. The summed E-state index contributed by atoms with van der Waals surface area (Å²) in [6.07, 6.45) is -0.879. The minimum absolute atomic E-state index is 0.113. The van der Waals surface area contributed by atoms with Gasteiger partial charge in [0, 0.05) is 6.54 Å². The van der Waals surface area contributed by atoms with Crippen LogP contribution in [0.15, 0.2) is 53.4 Å². The van der Waals surface area contributed by atoms with E-state index in [1.54, 1.807) is 12.1 Å². The number of halogens is 1. The average molecular weight is 395 g/mol. The maximum Gasteiger partial charge on any atom is 0.264 e. The normalized spacial score (nSPS) is 13.0. The Bertz CT molecular complexity index is 819. The Morgan fingerprint density at radius 2 is 1.52 bits per heavy atom. The molecule has 5 nitrogen and oxygen atoms in total. The maximum atomic E-state index is 13.3. The Kier molecular flexibility index (Phi) is 7.35. The minimum atomic E-state index is -3.90. The second-order valence-corrected chi connectivity index (χ2v) is 8.33. The van der Waals surface area contributed by atoms with Gasteiger partial charge in [-0.25, -0.2) is 12.8 Å². The van der Waals surface area contributed by atoms with Gasteiger partial charge in [-0.15, -0.1) is 0 Å². The summed E-state index contributed by atoms with van der Waals surface area (Å²) in [5.74, 6) is -0.449. The molecule has 1 N–H and O–H groups in total. The van der Waals surface area contributed by atoms with Gasteiger partial charge in [0.05, 0.1) is 23.2 Å². The standard InChI is InChI=1S/C20H27FN2O3S/c1-4-22(5-2)14-19(24)15-23(18-10-8-17(21)9-11-18)27(25,26)20-12-6-16(3)7-13-20/h6-13,19,24H,4-5,14-15H2,1-3H3. The number of hydrogen-bond donors (Lipinski definition) is 1.